The van der Waals surface area contributed by atoms with Crippen LogP contribution in [0.15, 0.2) is 41.7 Å². The third-order valence-corrected chi connectivity index (χ3v) is 7.12. The molecule has 2 aliphatic rings. The van der Waals surface area contributed by atoms with E-state index in [1.165, 1.54) is 4.68 Å². The first-order chi connectivity index (χ1) is 15.6. The highest BCUT2D eigenvalue weighted by Gasteiger charge is 2.32. The molecule has 2 amide bonds. The van der Waals surface area contributed by atoms with Crippen molar-refractivity contribution in [3.63, 3.8) is 0 Å². The average Bonchev–Trinajstić information content (AvgIpc) is 3.39. The molecule has 0 saturated carbocycles. The second-order valence-electron chi connectivity index (χ2n) is 8.75. The van der Waals surface area contributed by atoms with Gasteiger partial charge in [0, 0.05) is 17.8 Å². The molecule has 1 aliphatic carbocycles. The quantitative estimate of drug-likeness (QED) is 0.520. The van der Waals surface area contributed by atoms with Crippen molar-refractivity contribution < 1.29 is 22.3 Å². The molecule has 0 saturated heterocycles. The van der Waals surface area contributed by atoms with Gasteiger partial charge in [-0.2, -0.15) is 13.5 Å². The number of nitrogens with one attached hydrogen (secondary N) is 2. The smallest absolute Gasteiger partial charge is 0.333 e. The van der Waals surface area contributed by atoms with Crippen LogP contribution in [0.3, 0.4) is 0 Å². The van der Waals surface area contributed by atoms with Gasteiger partial charge in [0.15, 0.2) is 5.82 Å². The maximum atomic E-state index is 14.6. The summed E-state index contributed by atoms with van der Waals surface area (Å²) >= 11 is 0. The Bertz CT molecular complexity index is 1380. The van der Waals surface area contributed by atoms with E-state index >= 15 is 0 Å². The van der Waals surface area contributed by atoms with E-state index in [0.29, 0.717) is 17.1 Å². The van der Waals surface area contributed by atoms with Gasteiger partial charge in [0.05, 0.1) is 17.4 Å². The fourth-order valence-corrected chi connectivity index (χ4v) is 5.06. The number of fused-ring (bicyclic) bond motifs is 8. The van der Waals surface area contributed by atoms with Gasteiger partial charge in [-0.1, -0.05) is 12.1 Å². The van der Waals surface area contributed by atoms with E-state index in [0.717, 1.165) is 42.1 Å². The number of hydrogen-bond donors (Lipinski definition) is 2. The summed E-state index contributed by atoms with van der Waals surface area (Å²) in [5.74, 6) is -0.733. The summed E-state index contributed by atoms with van der Waals surface area (Å²) in [4.78, 5) is 17.0. The van der Waals surface area contributed by atoms with Crippen LogP contribution in [0.2, 0.25) is 0 Å². The standard InChI is InChI=1S/C22H22FN5O4S/c1-22(2)12-32-18-10-14(8-9-24-18)16-7-6-13-4-3-5-15(13)19(16)25-21(29)27-33(30,31)20-17(23)11-28(22)26-20/h6-11H,3-5,12H2,1-2H3,(H2,25,27,29). The van der Waals surface area contributed by atoms with Crippen LogP contribution in [0.5, 0.6) is 5.88 Å². The van der Waals surface area contributed by atoms with Crippen molar-refractivity contribution in [3.05, 3.63) is 53.6 Å². The van der Waals surface area contributed by atoms with Crippen molar-refractivity contribution in [2.45, 2.75) is 43.7 Å². The van der Waals surface area contributed by atoms with E-state index in [1.54, 1.807) is 32.2 Å². The van der Waals surface area contributed by atoms with Gasteiger partial charge in [-0.15, -0.1) is 0 Å². The maximum Gasteiger partial charge on any atom is 0.333 e. The number of pyridine rings is 1. The molecule has 5 rings (SSSR count). The van der Waals surface area contributed by atoms with Crippen LogP contribution in [0.25, 0.3) is 11.1 Å². The summed E-state index contributed by atoms with van der Waals surface area (Å²) < 4.78 is 49.1. The van der Waals surface area contributed by atoms with Crippen LogP contribution in [0.4, 0.5) is 14.9 Å². The SMILES string of the molecule is CC1(C)COc2cc(ccn2)-c2ccc3c(c2NC(=O)NS(=O)(=O)c2nn1cc2F)CCC3. The van der Waals surface area contributed by atoms with Gasteiger partial charge in [-0.05, 0) is 55.9 Å². The van der Waals surface area contributed by atoms with E-state index < -0.39 is 32.4 Å². The number of aromatic nitrogens is 3. The average molecular weight is 472 g/mol. The molecule has 0 radical (unpaired) electrons. The highest BCUT2D eigenvalue weighted by atomic mass is 32.2. The minimum absolute atomic E-state index is 0.0473. The molecule has 9 nitrogen and oxygen atoms in total. The first-order valence-electron chi connectivity index (χ1n) is 10.5. The predicted octanol–water partition coefficient (Wildman–Crippen LogP) is 3.21. The number of nitrogens with zero attached hydrogens (tertiary/aromatic N) is 3. The number of sulfonamides is 1. The normalized spacial score (nSPS) is 18.6. The van der Waals surface area contributed by atoms with Crippen molar-refractivity contribution in [2.75, 3.05) is 11.9 Å². The Labute approximate surface area is 190 Å². The van der Waals surface area contributed by atoms with Gasteiger partial charge in [0.1, 0.15) is 6.61 Å². The molecule has 1 aliphatic heterocycles. The Morgan fingerprint density at radius 2 is 2.03 bits per heavy atom. The van der Waals surface area contributed by atoms with Crippen molar-refractivity contribution in [1.82, 2.24) is 19.5 Å². The fourth-order valence-electron chi connectivity index (χ4n) is 4.16. The Morgan fingerprint density at radius 1 is 1.21 bits per heavy atom. The number of anilines is 1. The third-order valence-electron chi connectivity index (χ3n) is 5.88. The molecule has 3 aromatic rings. The van der Waals surface area contributed by atoms with Crippen molar-refractivity contribution in [1.29, 1.82) is 0 Å². The first kappa shape index (κ1) is 21.4. The Kier molecular flexibility index (Phi) is 4.89. The lowest BCUT2D eigenvalue weighted by Crippen LogP contribution is -2.36. The number of halogens is 1. The molecule has 1 aromatic carbocycles. The minimum atomic E-state index is -4.56. The second-order valence-corrected chi connectivity index (χ2v) is 10.3. The monoisotopic (exact) mass is 471 g/mol. The number of hydrogen-bond acceptors (Lipinski definition) is 6. The lowest BCUT2D eigenvalue weighted by molar-refractivity contribution is 0.164. The zero-order valence-corrected chi connectivity index (χ0v) is 18.9. The highest BCUT2D eigenvalue weighted by molar-refractivity contribution is 7.90. The molecule has 11 heteroatoms. The van der Waals surface area contributed by atoms with Gasteiger partial charge < -0.3 is 10.1 Å². The third kappa shape index (κ3) is 3.82. The lowest BCUT2D eigenvalue weighted by Gasteiger charge is -2.25. The Balaban J connectivity index is 1.68. The van der Waals surface area contributed by atoms with Gasteiger partial charge in [-0.3, -0.25) is 4.68 Å². The van der Waals surface area contributed by atoms with Crippen LogP contribution in [0, 0.1) is 5.82 Å². The molecule has 0 fully saturated rings. The van der Waals surface area contributed by atoms with Gasteiger partial charge >= 0.3 is 6.03 Å². The van der Waals surface area contributed by atoms with Gasteiger partial charge in [-0.25, -0.2) is 18.9 Å². The van der Waals surface area contributed by atoms with Crippen molar-refractivity contribution in [3.8, 4) is 17.0 Å². The number of carbonyl (C=O) groups is 1. The summed E-state index contributed by atoms with van der Waals surface area (Å²) in [5, 5.41) is 5.72. The Morgan fingerprint density at radius 3 is 2.85 bits per heavy atom. The highest BCUT2D eigenvalue weighted by Crippen LogP contribution is 2.38. The van der Waals surface area contributed by atoms with E-state index in [9.17, 15) is 17.6 Å². The van der Waals surface area contributed by atoms with Gasteiger partial charge in [0.25, 0.3) is 10.0 Å². The molecule has 4 bridgehead atoms. The molecule has 0 unspecified atom stereocenters. The zero-order chi connectivity index (χ0) is 23.4. The van der Waals surface area contributed by atoms with Crippen LogP contribution in [0.1, 0.15) is 31.4 Å². The molecule has 3 heterocycles. The van der Waals surface area contributed by atoms with Gasteiger partial charge in [0.2, 0.25) is 10.9 Å². The van der Waals surface area contributed by atoms with E-state index in [2.05, 4.69) is 15.4 Å². The lowest BCUT2D eigenvalue weighted by atomic mass is 9.98. The van der Waals surface area contributed by atoms with Crippen LogP contribution in [-0.4, -0.2) is 35.8 Å². The summed E-state index contributed by atoms with van der Waals surface area (Å²) in [7, 11) is -4.56. The summed E-state index contributed by atoms with van der Waals surface area (Å²) in [6.07, 6.45) is 5.10. The fraction of sp³-hybridized carbons (Fsp3) is 0.318. The molecule has 2 N–H and O–H groups in total. The first-order valence-corrected chi connectivity index (χ1v) is 12.0. The molecular formula is C22H22FN5O4S. The molecule has 33 heavy (non-hydrogen) atoms. The number of urea groups is 1. The van der Waals surface area contributed by atoms with Crippen LogP contribution >= 0.6 is 0 Å². The summed E-state index contributed by atoms with van der Waals surface area (Å²) in [6.45, 7) is 3.48. The van der Waals surface area contributed by atoms with Crippen LogP contribution < -0.4 is 14.8 Å². The Hall–Kier alpha value is -3.47. The molecule has 0 spiro atoms. The van der Waals surface area contributed by atoms with E-state index in [1.807, 2.05) is 16.9 Å². The van der Waals surface area contributed by atoms with E-state index in [-0.39, 0.29) is 6.61 Å². The number of rotatable bonds is 0. The molecule has 172 valence electrons. The summed E-state index contributed by atoms with van der Waals surface area (Å²) in [6, 6.07) is 6.44. The molecular weight excluding hydrogens is 449 g/mol. The zero-order valence-electron chi connectivity index (χ0n) is 18.1. The maximum absolute atomic E-state index is 14.6. The molecule has 0 atom stereocenters. The minimum Gasteiger partial charge on any atom is -0.475 e. The largest absolute Gasteiger partial charge is 0.475 e. The van der Waals surface area contributed by atoms with Crippen molar-refractivity contribution in [2.24, 2.45) is 0 Å². The van der Waals surface area contributed by atoms with Crippen LogP contribution in [-0.2, 0) is 28.4 Å². The predicted molar refractivity (Wildman–Crippen MR) is 118 cm³/mol. The summed E-state index contributed by atoms with van der Waals surface area (Å²) in [5.41, 5.74) is 3.10. The topological polar surface area (TPSA) is 115 Å². The number of aryl methyl sites for hydroxylation is 1. The van der Waals surface area contributed by atoms with E-state index in [4.69, 9.17) is 4.74 Å². The number of benzene rings is 1. The number of amides is 2. The number of ether oxygens (including phenoxy) is 1. The molecule has 2 aromatic heterocycles. The number of carbonyl (C=O) groups excluding carboxylic acids is 1. The second kappa shape index (κ2) is 7.55. The van der Waals surface area contributed by atoms with Crippen molar-refractivity contribution >= 4 is 21.7 Å².